The van der Waals surface area contributed by atoms with Crippen molar-refractivity contribution in [1.29, 1.82) is 0 Å². The van der Waals surface area contributed by atoms with Crippen LogP contribution in [0.25, 0.3) is 0 Å². The number of thioether (sulfide) groups is 1. The fraction of sp³-hybridized carbons (Fsp3) is 0.818. The molecule has 0 aromatic rings. The smallest absolute Gasteiger partial charge is 0.409 e. The number of carboxylic acid groups (broad SMARTS) is 1. The zero-order valence-corrected chi connectivity index (χ0v) is 12.8. The van der Waals surface area contributed by atoms with Gasteiger partial charge in [0.2, 0.25) is 0 Å². The highest BCUT2D eigenvalue weighted by atomic mass is 32.2. The fourth-order valence-electron chi connectivity index (χ4n) is 2.26. The SMILES string of the molecule is CC(C)C[C@@H](CO[N+](=O)[O-])N(C(=O)O)[C@H]1NC(=O)SC1C. The van der Waals surface area contributed by atoms with E-state index in [1.54, 1.807) is 6.92 Å². The first-order valence-corrected chi connectivity index (χ1v) is 7.36. The molecule has 1 fully saturated rings. The summed E-state index contributed by atoms with van der Waals surface area (Å²) in [5, 5.41) is 20.8. The lowest BCUT2D eigenvalue weighted by Gasteiger charge is -2.35. The third-order valence-electron chi connectivity index (χ3n) is 3.03. The Morgan fingerprint density at radius 2 is 2.24 bits per heavy atom. The monoisotopic (exact) mass is 321 g/mol. The highest BCUT2D eigenvalue weighted by Gasteiger charge is 2.40. The molecule has 0 bridgehead atoms. The van der Waals surface area contributed by atoms with E-state index >= 15 is 0 Å². The lowest BCUT2D eigenvalue weighted by atomic mass is 10.0. The summed E-state index contributed by atoms with van der Waals surface area (Å²) in [6.07, 6.45) is -1.57. The minimum absolute atomic E-state index is 0.118. The van der Waals surface area contributed by atoms with Gasteiger partial charge in [-0.05, 0) is 19.3 Å². The van der Waals surface area contributed by atoms with Crippen molar-refractivity contribution in [1.82, 2.24) is 10.2 Å². The predicted molar refractivity (Wildman–Crippen MR) is 75.4 cm³/mol. The number of rotatable bonds is 7. The van der Waals surface area contributed by atoms with E-state index in [1.165, 1.54) is 0 Å². The van der Waals surface area contributed by atoms with Crippen LogP contribution in [-0.2, 0) is 4.84 Å². The van der Waals surface area contributed by atoms with Gasteiger partial charge in [0.05, 0.1) is 11.3 Å². The van der Waals surface area contributed by atoms with Gasteiger partial charge in [0.15, 0.2) is 0 Å². The van der Waals surface area contributed by atoms with Crippen molar-refractivity contribution in [3.63, 3.8) is 0 Å². The molecule has 2 amide bonds. The average Bonchev–Trinajstić information content (AvgIpc) is 2.64. The summed E-state index contributed by atoms with van der Waals surface area (Å²) >= 11 is 1.01. The average molecular weight is 321 g/mol. The molecule has 1 aliphatic rings. The summed E-state index contributed by atoms with van der Waals surface area (Å²) in [6.45, 7) is 5.13. The van der Waals surface area contributed by atoms with Gasteiger partial charge >= 0.3 is 6.09 Å². The van der Waals surface area contributed by atoms with Gasteiger partial charge in [0, 0.05) is 0 Å². The molecule has 1 heterocycles. The summed E-state index contributed by atoms with van der Waals surface area (Å²) in [6, 6.07) is -0.709. The molecular formula is C11H19N3O6S. The summed E-state index contributed by atoms with van der Waals surface area (Å²) in [5.74, 6) is 0.118. The van der Waals surface area contributed by atoms with Crippen LogP contribution in [0.15, 0.2) is 0 Å². The molecule has 21 heavy (non-hydrogen) atoms. The molecule has 0 saturated carbocycles. The van der Waals surface area contributed by atoms with Gasteiger partial charge in [0.25, 0.3) is 10.3 Å². The van der Waals surface area contributed by atoms with Crippen molar-refractivity contribution in [2.24, 2.45) is 5.92 Å². The van der Waals surface area contributed by atoms with Gasteiger partial charge in [-0.25, -0.2) is 4.79 Å². The first-order valence-electron chi connectivity index (χ1n) is 6.48. The maximum absolute atomic E-state index is 11.5. The van der Waals surface area contributed by atoms with Crippen molar-refractivity contribution in [2.75, 3.05) is 6.61 Å². The standard InChI is InChI=1S/C11H19N3O6S/c1-6(2)4-8(5-20-14(18)19)13(11(16)17)9-7(3)21-10(15)12-9/h6-9H,4-5H2,1-3H3,(H,12,15)(H,16,17)/t7?,8-,9+/m0/s1. The normalized spacial score (nSPS) is 22.8. The van der Waals surface area contributed by atoms with Crippen LogP contribution in [0.3, 0.4) is 0 Å². The summed E-state index contributed by atoms with van der Waals surface area (Å²) in [4.78, 5) is 38.7. The number of amides is 2. The Kier molecular flexibility index (Phi) is 6.06. The van der Waals surface area contributed by atoms with Crippen LogP contribution in [0.5, 0.6) is 0 Å². The largest absolute Gasteiger partial charge is 0.465 e. The Morgan fingerprint density at radius 3 is 2.62 bits per heavy atom. The van der Waals surface area contributed by atoms with Crippen molar-refractivity contribution < 1.29 is 24.6 Å². The van der Waals surface area contributed by atoms with Crippen LogP contribution >= 0.6 is 11.8 Å². The van der Waals surface area contributed by atoms with Crippen molar-refractivity contribution in [2.45, 2.75) is 44.6 Å². The number of hydrogen-bond acceptors (Lipinski definition) is 6. The zero-order valence-electron chi connectivity index (χ0n) is 12.0. The lowest BCUT2D eigenvalue weighted by molar-refractivity contribution is -0.758. The molecule has 3 atom stereocenters. The number of hydrogen-bond donors (Lipinski definition) is 2. The highest BCUT2D eigenvalue weighted by molar-refractivity contribution is 8.14. The van der Waals surface area contributed by atoms with E-state index in [1.807, 2.05) is 13.8 Å². The van der Waals surface area contributed by atoms with Gasteiger partial charge in [-0.15, -0.1) is 10.1 Å². The van der Waals surface area contributed by atoms with Gasteiger partial charge in [0.1, 0.15) is 12.8 Å². The molecule has 0 aromatic carbocycles. The minimum Gasteiger partial charge on any atom is -0.465 e. The first-order chi connectivity index (χ1) is 9.72. The molecule has 2 N–H and O–H groups in total. The van der Waals surface area contributed by atoms with Crippen molar-refractivity contribution in [3.05, 3.63) is 10.1 Å². The molecule has 9 nitrogen and oxygen atoms in total. The van der Waals surface area contributed by atoms with Gasteiger partial charge < -0.3 is 15.3 Å². The molecule has 1 aliphatic heterocycles. The van der Waals surface area contributed by atoms with Crippen LogP contribution in [0, 0.1) is 16.0 Å². The fourth-order valence-corrected chi connectivity index (χ4v) is 3.11. The minimum atomic E-state index is -1.24. The molecule has 120 valence electrons. The Labute approximate surface area is 126 Å². The molecule has 0 radical (unpaired) electrons. The van der Waals surface area contributed by atoms with E-state index in [-0.39, 0.29) is 23.0 Å². The van der Waals surface area contributed by atoms with E-state index < -0.39 is 23.4 Å². The summed E-state index contributed by atoms with van der Waals surface area (Å²) < 4.78 is 0. The van der Waals surface area contributed by atoms with E-state index in [0.717, 1.165) is 16.7 Å². The van der Waals surface area contributed by atoms with E-state index in [4.69, 9.17) is 0 Å². The summed E-state index contributed by atoms with van der Waals surface area (Å²) in [5.41, 5.74) is 0. The second-order valence-electron chi connectivity index (χ2n) is 5.19. The molecular weight excluding hydrogens is 302 g/mol. The number of nitrogens with one attached hydrogen (secondary N) is 1. The van der Waals surface area contributed by atoms with E-state index in [9.17, 15) is 24.8 Å². The van der Waals surface area contributed by atoms with Crippen molar-refractivity contribution in [3.8, 4) is 0 Å². The first kappa shape index (κ1) is 17.3. The molecule has 1 saturated heterocycles. The van der Waals surface area contributed by atoms with Gasteiger partial charge in [-0.3, -0.25) is 9.69 Å². The number of carbonyl (C=O) groups is 2. The maximum Gasteiger partial charge on any atom is 0.409 e. The molecule has 10 heteroatoms. The van der Waals surface area contributed by atoms with Crippen LogP contribution in [0.1, 0.15) is 27.2 Å². The number of carbonyl (C=O) groups excluding carboxylic acids is 1. The second kappa shape index (κ2) is 7.34. The molecule has 1 rings (SSSR count). The third-order valence-corrected chi connectivity index (χ3v) is 3.99. The maximum atomic E-state index is 11.5. The molecule has 0 spiro atoms. The van der Waals surface area contributed by atoms with Crippen LogP contribution in [0.2, 0.25) is 0 Å². The van der Waals surface area contributed by atoms with Crippen LogP contribution in [-0.4, -0.2) is 50.5 Å². The Balaban J connectivity index is 2.92. The lowest BCUT2D eigenvalue weighted by Crippen LogP contribution is -2.56. The van der Waals surface area contributed by atoms with E-state index in [0.29, 0.717) is 6.42 Å². The third kappa shape index (κ3) is 4.96. The highest BCUT2D eigenvalue weighted by Crippen LogP contribution is 2.28. The summed E-state index contributed by atoms with van der Waals surface area (Å²) in [7, 11) is 0. The second-order valence-corrected chi connectivity index (χ2v) is 6.54. The Bertz CT molecular complexity index is 419. The Morgan fingerprint density at radius 1 is 1.62 bits per heavy atom. The van der Waals surface area contributed by atoms with Gasteiger partial charge in [-0.1, -0.05) is 25.6 Å². The van der Waals surface area contributed by atoms with Crippen LogP contribution in [0.4, 0.5) is 9.59 Å². The zero-order chi connectivity index (χ0) is 16.2. The number of nitrogens with zero attached hydrogens (tertiary/aromatic N) is 2. The quantitative estimate of drug-likeness (QED) is 0.541. The van der Waals surface area contributed by atoms with E-state index in [2.05, 4.69) is 10.2 Å². The molecule has 1 unspecified atom stereocenters. The Hall–Kier alpha value is -1.71. The van der Waals surface area contributed by atoms with Gasteiger partial charge in [-0.2, -0.15) is 0 Å². The molecule has 0 aromatic heterocycles. The predicted octanol–water partition coefficient (Wildman–Crippen LogP) is 1.76. The molecule has 0 aliphatic carbocycles. The topological polar surface area (TPSA) is 122 Å². The van der Waals surface area contributed by atoms with Crippen molar-refractivity contribution >= 4 is 23.1 Å². The van der Waals surface area contributed by atoms with Crippen LogP contribution < -0.4 is 5.32 Å².